The maximum Gasteiger partial charge on any atom is 0.416 e. The first-order valence-electron chi connectivity index (χ1n) is 6.42. The lowest BCUT2D eigenvalue weighted by atomic mass is 9.98. The highest BCUT2D eigenvalue weighted by Crippen LogP contribution is 2.29. The van der Waals surface area contributed by atoms with E-state index in [1.165, 1.54) is 18.7 Å². The fourth-order valence-electron chi connectivity index (χ4n) is 2.14. The molecule has 0 unspecified atom stereocenters. The van der Waals surface area contributed by atoms with E-state index < -0.39 is 11.7 Å². The molecule has 1 aliphatic carbocycles. The number of hydrogen-bond acceptors (Lipinski definition) is 2. The molecule has 0 bridgehead atoms. The van der Waals surface area contributed by atoms with Crippen molar-refractivity contribution in [3.63, 3.8) is 0 Å². The van der Waals surface area contributed by atoms with Crippen molar-refractivity contribution >= 4 is 6.21 Å². The maximum atomic E-state index is 12.5. The molecule has 0 spiro atoms. The summed E-state index contributed by atoms with van der Waals surface area (Å²) in [6.45, 7) is 0. The van der Waals surface area contributed by atoms with E-state index in [4.69, 9.17) is 4.84 Å². The van der Waals surface area contributed by atoms with Crippen LogP contribution in [0.25, 0.3) is 0 Å². The van der Waals surface area contributed by atoms with Gasteiger partial charge in [-0.15, -0.1) is 0 Å². The van der Waals surface area contributed by atoms with Crippen molar-refractivity contribution in [1.29, 1.82) is 0 Å². The van der Waals surface area contributed by atoms with Gasteiger partial charge in [-0.25, -0.2) is 0 Å². The van der Waals surface area contributed by atoms with Gasteiger partial charge >= 0.3 is 6.18 Å². The first-order chi connectivity index (χ1) is 9.05. The van der Waals surface area contributed by atoms with E-state index in [9.17, 15) is 13.2 Å². The molecular formula is C14H16F3NO. The lowest BCUT2D eigenvalue weighted by Crippen LogP contribution is -2.13. The lowest BCUT2D eigenvalue weighted by Gasteiger charge is -2.18. The molecular weight excluding hydrogens is 255 g/mol. The topological polar surface area (TPSA) is 21.6 Å². The quantitative estimate of drug-likeness (QED) is 0.590. The lowest BCUT2D eigenvalue weighted by molar-refractivity contribution is -0.137. The first kappa shape index (κ1) is 13.9. The number of benzene rings is 1. The zero-order valence-corrected chi connectivity index (χ0v) is 10.5. The van der Waals surface area contributed by atoms with Gasteiger partial charge in [0.25, 0.3) is 0 Å². The van der Waals surface area contributed by atoms with Crippen molar-refractivity contribution in [2.24, 2.45) is 5.16 Å². The molecule has 0 atom stereocenters. The Morgan fingerprint density at radius 3 is 2.58 bits per heavy atom. The van der Waals surface area contributed by atoms with Gasteiger partial charge < -0.3 is 4.84 Å². The fourth-order valence-corrected chi connectivity index (χ4v) is 2.14. The molecule has 0 amide bonds. The predicted octanol–water partition coefficient (Wildman–Crippen LogP) is 4.39. The Kier molecular flexibility index (Phi) is 4.45. The van der Waals surface area contributed by atoms with Gasteiger partial charge in [-0.2, -0.15) is 13.2 Å². The average molecular weight is 271 g/mol. The van der Waals surface area contributed by atoms with Crippen molar-refractivity contribution in [2.45, 2.75) is 44.4 Å². The Morgan fingerprint density at radius 1 is 1.16 bits per heavy atom. The van der Waals surface area contributed by atoms with Crippen LogP contribution in [0.2, 0.25) is 0 Å². The molecule has 0 aromatic heterocycles. The van der Waals surface area contributed by atoms with Gasteiger partial charge in [0.1, 0.15) is 6.10 Å². The highest BCUT2D eigenvalue weighted by molar-refractivity contribution is 5.79. The fraction of sp³-hybridized carbons (Fsp3) is 0.500. The second-order valence-electron chi connectivity index (χ2n) is 4.72. The minimum absolute atomic E-state index is 0.107. The summed E-state index contributed by atoms with van der Waals surface area (Å²) < 4.78 is 37.5. The summed E-state index contributed by atoms with van der Waals surface area (Å²) in [4.78, 5) is 5.30. The molecule has 1 fully saturated rings. The van der Waals surface area contributed by atoms with Gasteiger partial charge in [0.05, 0.1) is 11.8 Å². The van der Waals surface area contributed by atoms with Crippen LogP contribution < -0.4 is 0 Å². The molecule has 5 heteroatoms. The molecule has 0 N–H and O–H groups in total. The summed E-state index contributed by atoms with van der Waals surface area (Å²) in [5, 5.41) is 3.80. The van der Waals surface area contributed by atoms with E-state index in [0.717, 1.165) is 37.8 Å². The zero-order valence-electron chi connectivity index (χ0n) is 10.5. The van der Waals surface area contributed by atoms with Crippen molar-refractivity contribution in [3.05, 3.63) is 35.4 Å². The van der Waals surface area contributed by atoms with Gasteiger partial charge in [0.2, 0.25) is 0 Å². The Morgan fingerprint density at radius 2 is 1.89 bits per heavy atom. The van der Waals surface area contributed by atoms with Gasteiger partial charge in [-0.05, 0) is 43.4 Å². The number of halogens is 3. The number of alkyl halides is 3. The molecule has 1 aliphatic rings. The van der Waals surface area contributed by atoms with Crippen molar-refractivity contribution < 1.29 is 18.0 Å². The highest BCUT2D eigenvalue weighted by Gasteiger charge is 2.30. The monoisotopic (exact) mass is 271 g/mol. The standard InChI is InChI=1S/C14H16F3NO/c15-14(16,17)12-6-4-5-11(9-12)10-18-19-13-7-2-1-3-8-13/h4-6,9-10,13H,1-3,7-8H2. The summed E-state index contributed by atoms with van der Waals surface area (Å²) >= 11 is 0. The largest absolute Gasteiger partial charge is 0.416 e. The van der Waals surface area contributed by atoms with Crippen LogP contribution in [-0.4, -0.2) is 12.3 Å². The Bertz CT molecular complexity index is 437. The third kappa shape index (κ3) is 4.26. The minimum Gasteiger partial charge on any atom is -0.393 e. The maximum absolute atomic E-state index is 12.5. The number of nitrogens with zero attached hydrogens (tertiary/aromatic N) is 1. The van der Waals surface area contributed by atoms with Crippen molar-refractivity contribution in [2.75, 3.05) is 0 Å². The molecule has 1 saturated carbocycles. The SMILES string of the molecule is FC(F)(F)c1cccc(C=NOC2CCCCC2)c1. The van der Waals surface area contributed by atoms with Crippen molar-refractivity contribution in [1.82, 2.24) is 0 Å². The molecule has 0 heterocycles. The van der Waals surface area contributed by atoms with Crippen LogP contribution in [0.4, 0.5) is 13.2 Å². The summed E-state index contributed by atoms with van der Waals surface area (Å²) in [7, 11) is 0. The molecule has 0 saturated heterocycles. The molecule has 0 aliphatic heterocycles. The minimum atomic E-state index is -4.33. The molecule has 2 rings (SSSR count). The molecule has 0 radical (unpaired) electrons. The first-order valence-corrected chi connectivity index (χ1v) is 6.42. The van der Waals surface area contributed by atoms with Crippen LogP contribution in [0, 0.1) is 0 Å². The van der Waals surface area contributed by atoms with Crippen LogP contribution in [0.1, 0.15) is 43.2 Å². The second kappa shape index (κ2) is 6.08. The molecule has 19 heavy (non-hydrogen) atoms. The average Bonchev–Trinajstić information content (AvgIpc) is 2.39. The number of rotatable bonds is 3. The van der Waals surface area contributed by atoms with Crippen molar-refractivity contribution in [3.8, 4) is 0 Å². The Balaban J connectivity index is 1.94. The molecule has 1 aromatic carbocycles. The number of oxime groups is 1. The summed E-state index contributed by atoms with van der Waals surface area (Å²) in [5.74, 6) is 0. The molecule has 104 valence electrons. The summed E-state index contributed by atoms with van der Waals surface area (Å²) in [6, 6.07) is 5.04. The Hall–Kier alpha value is -1.52. The van der Waals surface area contributed by atoms with Crippen LogP contribution >= 0.6 is 0 Å². The summed E-state index contributed by atoms with van der Waals surface area (Å²) in [6.07, 6.45) is 2.54. The van der Waals surface area contributed by atoms with Gasteiger partial charge in [0.15, 0.2) is 0 Å². The molecule has 1 aromatic rings. The van der Waals surface area contributed by atoms with E-state index >= 15 is 0 Å². The third-order valence-corrected chi connectivity index (χ3v) is 3.18. The van der Waals surface area contributed by atoms with Crippen LogP contribution in [0.15, 0.2) is 29.4 Å². The van der Waals surface area contributed by atoms with E-state index in [2.05, 4.69) is 5.16 Å². The van der Waals surface area contributed by atoms with Gasteiger partial charge in [-0.1, -0.05) is 23.7 Å². The van der Waals surface area contributed by atoms with Gasteiger partial charge in [-0.3, -0.25) is 0 Å². The van der Waals surface area contributed by atoms with E-state index in [1.54, 1.807) is 6.07 Å². The van der Waals surface area contributed by atoms with E-state index in [1.807, 2.05) is 0 Å². The second-order valence-corrected chi connectivity index (χ2v) is 4.72. The molecule has 2 nitrogen and oxygen atoms in total. The van der Waals surface area contributed by atoms with Crippen LogP contribution in [0.3, 0.4) is 0 Å². The smallest absolute Gasteiger partial charge is 0.393 e. The van der Waals surface area contributed by atoms with Crippen LogP contribution in [-0.2, 0) is 11.0 Å². The van der Waals surface area contributed by atoms with Gasteiger partial charge in [0, 0.05) is 0 Å². The van der Waals surface area contributed by atoms with E-state index in [-0.39, 0.29) is 6.10 Å². The number of hydrogen-bond donors (Lipinski definition) is 0. The van der Waals surface area contributed by atoms with E-state index in [0.29, 0.717) is 5.56 Å². The highest BCUT2D eigenvalue weighted by atomic mass is 19.4. The third-order valence-electron chi connectivity index (χ3n) is 3.18. The van der Waals surface area contributed by atoms with Crippen LogP contribution in [0.5, 0.6) is 0 Å². The predicted molar refractivity (Wildman–Crippen MR) is 67.0 cm³/mol. The summed E-state index contributed by atoms with van der Waals surface area (Å²) in [5.41, 5.74) is -0.278. The Labute approximate surface area is 110 Å². The zero-order chi connectivity index (χ0) is 13.7. The normalized spacial score (nSPS) is 17.8.